The number of likely N-dealkylation sites (tertiary alicyclic amines) is 2. The maximum atomic E-state index is 13.9. The minimum atomic E-state index is -0.697. The van der Waals surface area contributed by atoms with E-state index in [1.54, 1.807) is 0 Å². The van der Waals surface area contributed by atoms with Crippen LogP contribution in [0.4, 0.5) is 9.59 Å². The van der Waals surface area contributed by atoms with Crippen LogP contribution in [0, 0.1) is 23.7 Å². The number of carbonyl (C=O) groups is 4. The second-order valence-electron chi connectivity index (χ2n) is 20.9. The van der Waals surface area contributed by atoms with Crippen LogP contribution >= 0.6 is 0 Å². The number of aromatic amines is 2. The molecule has 0 unspecified atom stereocenters. The van der Waals surface area contributed by atoms with Crippen molar-refractivity contribution in [2.75, 3.05) is 27.3 Å². The van der Waals surface area contributed by atoms with Crippen LogP contribution in [0.3, 0.4) is 0 Å². The number of rotatable bonds is 12. The van der Waals surface area contributed by atoms with Crippen LogP contribution in [0.25, 0.3) is 44.8 Å². The third kappa shape index (κ3) is 9.26. The summed E-state index contributed by atoms with van der Waals surface area (Å²) in [7, 11) is 2.61. The largest absolute Gasteiger partial charge is 0.453 e. The molecule has 14 heteroatoms. The fourth-order valence-electron chi connectivity index (χ4n) is 11.9. The summed E-state index contributed by atoms with van der Waals surface area (Å²) in [6, 6.07) is 20.3. The molecule has 2 aromatic heterocycles. The number of methoxy groups -OCH3 is 2. The first-order chi connectivity index (χ1) is 33.2. The molecule has 4 amide bonds. The van der Waals surface area contributed by atoms with Gasteiger partial charge in [-0.15, -0.1) is 0 Å². The van der Waals surface area contributed by atoms with Gasteiger partial charge in [0.1, 0.15) is 23.7 Å². The molecule has 5 aromatic rings. The Kier molecular flexibility index (Phi) is 13.5. The van der Waals surface area contributed by atoms with E-state index in [9.17, 15) is 19.2 Å². The van der Waals surface area contributed by atoms with Crippen molar-refractivity contribution >= 4 is 24.0 Å². The summed E-state index contributed by atoms with van der Waals surface area (Å²) in [5, 5.41) is 5.49. The van der Waals surface area contributed by atoms with E-state index in [-0.39, 0.29) is 53.0 Å². The average Bonchev–Trinajstić information content (AvgIpc) is 4.23. The molecule has 2 aliphatic carbocycles. The van der Waals surface area contributed by atoms with E-state index >= 15 is 0 Å². The van der Waals surface area contributed by atoms with Crippen LogP contribution in [0.1, 0.15) is 121 Å². The lowest BCUT2D eigenvalue weighted by Gasteiger charge is -2.30. The number of H-pyrrole nitrogens is 2. The van der Waals surface area contributed by atoms with Gasteiger partial charge >= 0.3 is 12.2 Å². The van der Waals surface area contributed by atoms with Crippen molar-refractivity contribution in [3.63, 3.8) is 0 Å². The SMILES string of the molecule is COC(=O)N[C@H](C(=O)N1C[C@@H](C)C[C@H]1c1nc(-c2ccc(-c3ccc(-c4ccc(-c5c[nH]c([C@@H]6C[C@H](C)CN6C(=O)[C@@H](NC(=O)OC)C(C)C)n5)cc4)c4c3CCC43CCCC3)cc2)c[nH]1)C(C)C. The highest BCUT2D eigenvalue weighted by molar-refractivity contribution is 5.87. The minimum Gasteiger partial charge on any atom is -0.453 e. The quantitative estimate of drug-likeness (QED) is 0.0956. The lowest BCUT2D eigenvalue weighted by molar-refractivity contribution is -0.136. The van der Waals surface area contributed by atoms with Crippen molar-refractivity contribution in [2.45, 2.75) is 122 Å². The molecular formula is C55H68N8O6. The molecule has 3 fully saturated rings. The molecule has 9 rings (SSSR count). The van der Waals surface area contributed by atoms with Gasteiger partial charge in [0.05, 0.1) is 37.7 Å². The predicted octanol–water partition coefficient (Wildman–Crippen LogP) is 10.1. The molecule has 0 radical (unpaired) electrons. The maximum Gasteiger partial charge on any atom is 0.407 e. The molecule has 0 bridgehead atoms. The summed E-state index contributed by atoms with van der Waals surface area (Å²) in [4.78, 5) is 72.6. The Morgan fingerprint density at radius 1 is 0.623 bits per heavy atom. The number of nitrogens with one attached hydrogen (secondary N) is 4. The Balaban J connectivity index is 0.942. The lowest BCUT2D eigenvalue weighted by Crippen LogP contribution is -2.51. The second kappa shape index (κ2) is 19.5. The van der Waals surface area contributed by atoms with Gasteiger partial charge in [-0.05, 0) is 101 Å². The van der Waals surface area contributed by atoms with Gasteiger partial charge in [-0.2, -0.15) is 0 Å². The number of ether oxygens (including phenoxy) is 2. The van der Waals surface area contributed by atoms with Crippen molar-refractivity contribution in [3.8, 4) is 44.8 Å². The summed E-state index contributed by atoms with van der Waals surface area (Å²) in [5.41, 5.74) is 11.8. The lowest BCUT2D eigenvalue weighted by atomic mass is 9.76. The molecule has 2 aliphatic heterocycles. The molecule has 69 heavy (non-hydrogen) atoms. The zero-order valence-electron chi connectivity index (χ0n) is 41.4. The Morgan fingerprint density at radius 2 is 1.04 bits per heavy atom. The standard InChI is InChI=1S/C55H68N8O6/c1-31(2)47(60-53(66)68-7)51(64)62-29-33(5)25-44(62)49-56-27-42(58-49)37-15-11-35(12-16-37)39-19-20-40(46-41(39)21-24-55(46)22-9-10-23-55)36-13-17-38(18-14-36)43-28-57-50(59-43)45-26-34(6)30-63(45)52(65)48(32(3)4)61-54(67)69-8/h11-20,27-28,31-34,44-45,47-48H,9-10,21-26,29-30H2,1-8H3,(H,56,58)(H,57,59)(H,60,66)(H,61,67)/t33-,34-,44-,45-,47-,48-/m0/s1. The number of hydrogen-bond acceptors (Lipinski definition) is 8. The molecule has 6 atom stereocenters. The third-order valence-corrected chi connectivity index (χ3v) is 15.4. The van der Waals surface area contributed by atoms with E-state index in [2.05, 4.69) is 95.1 Å². The Morgan fingerprint density at radius 3 is 1.48 bits per heavy atom. The highest BCUT2D eigenvalue weighted by Crippen LogP contribution is 2.55. The first-order valence-electron chi connectivity index (χ1n) is 25.0. The number of aromatic nitrogens is 4. The van der Waals surface area contributed by atoms with Crippen LogP contribution in [-0.2, 0) is 30.9 Å². The smallest absolute Gasteiger partial charge is 0.407 e. The fraction of sp³-hybridized carbons (Fsp3) is 0.491. The van der Waals surface area contributed by atoms with Crippen LogP contribution < -0.4 is 10.6 Å². The van der Waals surface area contributed by atoms with Gasteiger partial charge in [0.2, 0.25) is 11.8 Å². The third-order valence-electron chi connectivity index (χ3n) is 15.4. The summed E-state index contributed by atoms with van der Waals surface area (Å²) < 4.78 is 9.66. The van der Waals surface area contributed by atoms with E-state index in [1.165, 1.54) is 79.7 Å². The molecule has 4 aliphatic rings. The topological polar surface area (TPSA) is 175 Å². The van der Waals surface area contributed by atoms with E-state index < -0.39 is 24.3 Å². The molecule has 1 saturated carbocycles. The van der Waals surface area contributed by atoms with E-state index in [0.29, 0.717) is 13.1 Å². The van der Waals surface area contributed by atoms with Crippen LogP contribution in [0.2, 0.25) is 0 Å². The molecule has 4 heterocycles. The van der Waals surface area contributed by atoms with Gasteiger partial charge in [-0.25, -0.2) is 19.6 Å². The molecule has 364 valence electrons. The molecular weight excluding hydrogens is 869 g/mol. The Hall–Kier alpha value is -6.44. The summed E-state index contributed by atoms with van der Waals surface area (Å²) in [6.07, 6.45) is 11.3. The van der Waals surface area contributed by atoms with Crippen molar-refractivity contribution in [1.29, 1.82) is 0 Å². The van der Waals surface area contributed by atoms with Crippen LogP contribution in [0.15, 0.2) is 73.1 Å². The Labute approximate surface area is 405 Å². The zero-order valence-corrected chi connectivity index (χ0v) is 41.4. The normalized spacial score (nSPS) is 21.5. The molecule has 14 nitrogen and oxygen atoms in total. The highest BCUT2D eigenvalue weighted by Gasteiger charge is 2.45. The predicted molar refractivity (Wildman–Crippen MR) is 266 cm³/mol. The van der Waals surface area contributed by atoms with E-state index in [0.717, 1.165) is 53.4 Å². The van der Waals surface area contributed by atoms with E-state index in [1.807, 2.05) is 49.9 Å². The summed E-state index contributed by atoms with van der Waals surface area (Å²) in [5.74, 6) is 1.58. The number of benzene rings is 3. The van der Waals surface area contributed by atoms with Gasteiger partial charge in [-0.1, -0.05) is 115 Å². The van der Waals surface area contributed by atoms with Gasteiger partial charge in [0.25, 0.3) is 0 Å². The number of alkyl carbamates (subject to hydrolysis) is 2. The second-order valence-corrected chi connectivity index (χ2v) is 20.9. The number of fused-ring (bicyclic) bond motifs is 2. The zero-order chi connectivity index (χ0) is 48.7. The van der Waals surface area contributed by atoms with Crippen molar-refractivity contribution in [2.24, 2.45) is 23.7 Å². The van der Waals surface area contributed by atoms with Gasteiger partial charge in [0, 0.05) is 36.6 Å². The number of nitrogens with zero attached hydrogens (tertiary/aromatic N) is 4. The van der Waals surface area contributed by atoms with Crippen molar-refractivity contribution < 1.29 is 28.7 Å². The van der Waals surface area contributed by atoms with E-state index in [4.69, 9.17) is 19.4 Å². The van der Waals surface area contributed by atoms with Gasteiger partial charge < -0.3 is 39.9 Å². The number of amides is 4. The van der Waals surface area contributed by atoms with Crippen molar-refractivity contribution in [3.05, 3.63) is 95.8 Å². The van der Waals surface area contributed by atoms with Crippen molar-refractivity contribution in [1.82, 2.24) is 40.4 Å². The average molecular weight is 937 g/mol. The molecule has 2 saturated heterocycles. The molecule has 1 spiro atoms. The fourth-order valence-corrected chi connectivity index (χ4v) is 11.9. The minimum absolute atomic E-state index is 0.111. The molecule has 4 N–H and O–H groups in total. The monoisotopic (exact) mass is 937 g/mol. The maximum absolute atomic E-state index is 13.9. The number of imidazole rings is 2. The highest BCUT2D eigenvalue weighted by atomic mass is 16.5. The molecule has 3 aromatic carbocycles. The number of hydrogen-bond donors (Lipinski definition) is 4. The van der Waals surface area contributed by atoms with Gasteiger partial charge in [-0.3, -0.25) is 9.59 Å². The van der Waals surface area contributed by atoms with Crippen LogP contribution in [-0.4, -0.2) is 93.1 Å². The van der Waals surface area contributed by atoms with Crippen LogP contribution in [0.5, 0.6) is 0 Å². The number of carbonyl (C=O) groups excluding carboxylic acids is 4. The van der Waals surface area contributed by atoms with Gasteiger partial charge in [0.15, 0.2) is 0 Å². The summed E-state index contributed by atoms with van der Waals surface area (Å²) in [6.45, 7) is 13.2. The Bertz CT molecular complexity index is 2680. The first kappa shape index (κ1) is 47.6. The first-order valence-corrected chi connectivity index (χ1v) is 25.0. The summed E-state index contributed by atoms with van der Waals surface area (Å²) >= 11 is 0.